The number of nitrogens with zero attached hydrogens (tertiary/aromatic N) is 3. The summed E-state index contributed by atoms with van der Waals surface area (Å²) in [5, 5.41) is 18.9. The molecular weight excluding hydrogens is 521 g/mol. The van der Waals surface area contributed by atoms with Gasteiger partial charge in [-0.1, -0.05) is 59.1 Å². The monoisotopic (exact) mass is 539 g/mol. The lowest BCUT2D eigenvalue weighted by molar-refractivity contribution is -0.384. The predicted molar refractivity (Wildman–Crippen MR) is 143 cm³/mol. The summed E-state index contributed by atoms with van der Waals surface area (Å²) >= 11 is 18.2. The highest BCUT2D eigenvalue weighted by Crippen LogP contribution is 2.45. The first-order valence-electron chi connectivity index (χ1n) is 11.4. The van der Waals surface area contributed by atoms with Crippen molar-refractivity contribution in [2.75, 3.05) is 0 Å². The molecule has 2 aliphatic rings. The van der Waals surface area contributed by atoms with Crippen LogP contribution in [0.2, 0.25) is 15.1 Å². The smallest absolute Gasteiger partial charge is 0.267 e. The van der Waals surface area contributed by atoms with Crippen LogP contribution in [0.15, 0.2) is 77.4 Å². The fraction of sp³-hybridized carbons (Fsp3) is 0.185. The molecule has 0 radical (unpaired) electrons. The van der Waals surface area contributed by atoms with E-state index in [1.807, 2.05) is 36.4 Å². The molecule has 0 bridgehead atoms. The number of rotatable bonds is 4. The van der Waals surface area contributed by atoms with Gasteiger partial charge in [-0.2, -0.15) is 5.10 Å². The minimum Gasteiger partial charge on any atom is -0.267 e. The fourth-order valence-electron chi connectivity index (χ4n) is 4.84. The number of halogens is 3. The number of nitro benzene ring substituents is 1. The van der Waals surface area contributed by atoms with E-state index >= 15 is 0 Å². The summed E-state index contributed by atoms with van der Waals surface area (Å²) in [7, 11) is 0. The number of hydrogen-bond donors (Lipinski definition) is 0. The number of carbonyl (C=O) groups is 1. The number of amides is 1. The molecule has 1 aliphatic carbocycles. The molecule has 5 rings (SSSR count). The zero-order valence-electron chi connectivity index (χ0n) is 18.9. The Bertz CT molecular complexity index is 1400. The average molecular weight is 541 g/mol. The lowest BCUT2D eigenvalue weighted by Crippen LogP contribution is -2.32. The van der Waals surface area contributed by atoms with E-state index < -0.39 is 10.8 Å². The molecular formula is C27H20Cl3N3O3. The Kier molecular flexibility index (Phi) is 6.84. The minimum absolute atomic E-state index is 0.0234. The molecule has 0 aromatic heterocycles. The lowest BCUT2D eigenvalue weighted by atomic mass is 9.77. The summed E-state index contributed by atoms with van der Waals surface area (Å²) in [6.45, 7) is 0. The van der Waals surface area contributed by atoms with Gasteiger partial charge in [0.05, 0.1) is 16.7 Å². The van der Waals surface area contributed by atoms with E-state index in [1.165, 1.54) is 23.2 Å². The summed E-state index contributed by atoms with van der Waals surface area (Å²) in [5.41, 5.74) is 3.64. The Balaban J connectivity index is 1.59. The summed E-state index contributed by atoms with van der Waals surface area (Å²) < 4.78 is 0. The third-order valence-corrected chi connectivity index (χ3v) is 7.35. The molecule has 3 aromatic carbocycles. The van der Waals surface area contributed by atoms with Crippen LogP contribution in [-0.2, 0) is 0 Å². The SMILES string of the molecule is O=C(c1ccc(Cl)c([N+](=O)[O-])c1)N1N=C2/C(=C\c3ccc(Cl)cc3)CCC[C@@H]2[C@@H]1c1ccc(Cl)cc1. The molecule has 0 N–H and O–H groups in total. The molecule has 3 aromatic rings. The van der Waals surface area contributed by atoms with Crippen LogP contribution in [0.1, 0.15) is 46.8 Å². The molecule has 0 spiro atoms. The van der Waals surface area contributed by atoms with Crippen molar-refractivity contribution >= 4 is 58.2 Å². The van der Waals surface area contributed by atoms with Crippen LogP contribution in [0.5, 0.6) is 0 Å². The molecule has 1 saturated carbocycles. The summed E-state index contributed by atoms with van der Waals surface area (Å²) in [6.07, 6.45) is 4.72. The van der Waals surface area contributed by atoms with E-state index in [1.54, 1.807) is 12.1 Å². The Morgan fingerprint density at radius 2 is 1.67 bits per heavy atom. The van der Waals surface area contributed by atoms with E-state index in [2.05, 4.69) is 6.08 Å². The molecule has 182 valence electrons. The maximum atomic E-state index is 13.7. The van der Waals surface area contributed by atoms with Crippen LogP contribution in [0.4, 0.5) is 5.69 Å². The highest BCUT2D eigenvalue weighted by Gasteiger charge is 2.44. The maximum Gasteiger partial charge on any atom is 0.288 e. The number of hydrogen-bond acceptors (Lipinski definition) is 4. The zero-order chi connectivity index (χ0) is 25.4. The van der Waals surface area contributed by atoms with E-state index in [4.69, 9.17) is 39.9 Å². The van der Waals surface area contributed by atoms with Gasteiger partial charge in [-0.3, -0.25) is 14.9 Å². The number of carbonyl (C=O) groups excluding carboxylic acids is 1. The number of allylic oxidation sites excluding steroid dienone is 1. The molecule has 0 saturated heterocycles. The van der Waals surface area contributed by atoms with E-state index in [-0.39, 0.29) is 28.2 Å². The van der Waals surface area contributed by atoms with Crippen LogP contribution >= 0.6 is 34.8 Å². The highest BCUT2D eigenvalue weighted by atomic mass is 35.5. The van der Waals surface area contributed by atoms with Crippen molar-refractivity contribution in [1.29, 1.82) is 0 Å². The molecule has 2 atom stereocenters. The van der Waals surface area contributed by atoms with Crippen LogP contribution in [0.3, 0.4) is 0 Å². The minimum atomic E-state index is -0.599. The van der Waals surface area contributed by atoms with Gasteiger partial charge >= 0.3 is 0 Å². The Hall–Kier alpha value is -3.19. The molecule has 36 heavy (non-hydrogen) atoms. The molecule has 9 heteroatoms. The van der Waals surface area contributed by atoms with Crippen molar-refractivity contribution in [2.24, 2.45) is 11.0 Å². The molecule has 1 fully saturated rings. The van der Waals surface area contributed by atoms with Gasteiger partial charge in [-0.15, -0.1) is 0 Å². The quantitative estimate of drug-likeness (QED) is 0.248. The maximum absolute atomic E-state index is 13.7. The van der Waals surface area contributed by atoms with Gasteiger partial charge < -0.3 is 0 Å². The van der Waals surface area contributed by atoms with Crippen molar-refractivity contribution in [1.82, 2.24) is 5.01 Å². The van der Waals surface area contributed by atoms with Crippen molar-refractivity contribution < 1.29 is 9.72 Å². The van der Waals surface area contributed by atoms with Crippen LogP contribution in [0, 0.1) is 16.0 Å². The van der Waals surface area contributed by atoms with E-state index in [0.29, 0.717) is 10.0 Å². The summed E-state index contributed by atoms with van der Waals surface area (Å²) in [5.74, 6) is -0.452. The number of hydrazone groups is 1. The fourth-order valence-corrected chi connectivity index (χ4v) is 5.28. The second kappa shape index (κ2) is 10.1. The Morgan fingerprint density at radius 3 is 2.33 bits per heavy atom. The van der Waals surface area contributed by atoms with E-state index in [0.717, 1.165) is 41.7 Å². The van der Waals surface area contributed by atoms with Gasteiger partial charge in [0.2, 0.25) is 0 Å². The van der Waals surface area contributed by atoms with Crippen LogP contribution < -0.4 is 0 Å². The average Bonchev–Trinajstić information content (AvgIpc) is 3.26. The second-order valence-corrected chi connectivity index (χ2v) is 10.1. The third-order valence-electron chi connectivity index (χ3n) is 6.52. The van der Waals surface area contributed by atoms with Gasteiger partial charge in [-0.25, -0.2) is 5.01 Å². The molecule has 1 aliphatic heterocycles. The molecule has 1 amide bonds. The van der Waals surface area contributed by atoms with Crippen molar-refractivity contribution in [3.05, 3.63) is 114 Å². The molecule has 1 heterocycles. The Morgan fingerprint density at radius 1 is 1.00 bits per heavy atom. The van der Waals surface area contributed by atoms with Gasteiger partial charge in [0.1, 0.15) is 5.02 Å². The van der Waals surface area contributed by atoms with Crippen LogP contribution in [0.25, 0.3) is 6.08 Å². The second-order valence-electron chi connectivity index (χ2n) is 8.77. The highest BCUT2D eigenvalue weighted by molar-refractivity contribution is 6.32. The normalized spacial score (nSPS) is 20.2. The van der Waals surface area contributed by atoms with Crippen molar-refractivity contribution in [3.63, 3.8) is 0 Å². The van der Waals surface area contributed by atoms with Crippen molar-refractivity contribution in [3.8, 4) is 0 Å². The number of nitro groups is 1. The topological polar surface area (TPSA) is 75.8 Å². The zero-order valence-corrected chi connectivity index (χ0v) is 21.2. The van der Waals surface area contributed by atoms with Crippen LogP contribution in [-0.4, -0.2) is 21.6 Å². The lowest BCUT2D eigenvalue weighted by Gasteiger charge is -2.29. The Labute approximate surface area is 222 Å². The van der Waals surface area contributed by atoms with Crippen molar-refractivity contribution in [2.45, 2.75) is 25.3 Å². The first-order chi connectivity index (χ1) is 17.3. The van der Waals surface area contributed by atoms with Gasteiger partial charge in [-0.05, 0) is 78.4 Å². The number of fused-ring (bicyclic) bond motifs is 1. The largest absolute Gasteiger partial charge is 0.288 e. The molecule has 0 unspecified atom stereocenters. The summed E-state index contributed by atoms with van der Waals surface area (Å²) in [6, 6.07) is 18.6. The summed E-state index contributed by atoms with van der Waals surface area (Å²) in [4.78, 5) is 24.5. The van der Waals surface area contributed by atoms with Gasteiger partial charge in [0, 0.05) is 27.6 Å². The first kappa shape index (κ1) is 24.5. The number of benzene rings is 3. The van der Waals surface area contributed by atoms with Gasteiger partial charge in [0.15, 0.2) is 0 Å². The predicted octanol–water partition coefficient (Wildman–Crippen LogP) is 7.99. The van der Waals surface area contributed by atoms with E-state index in [9.17, 15) is 14.9 Å². The third kappa shape index (κ3) is 4.76. The van der Waals surface area contributed by atoms with Gasteiger partial charge in [0.25, 0.3) is 11.6 Å². The standard InChI is InChI=1S/C27H20Cl3N3O3/c28-20-9-4-16(5-10-20)14-18-2-1-3-22-25(18)31-32(26(22)17-6-11-21(29)12-7-17)27(34)19-8-13-23(30)24(15-19)33(35)36/h4-15,22,26H,1-3H2/b18-14-/t22-,26-/m0/s1. The first-order valence-corrected chi connectivity index (χ1v) is 12.5. The molecule has 6 nitrogen and oxygen atoms in total.